The molecule has 4 atom stereocenters. The molecule has 0 amide bonds. The smallest absolute Gasteiger partial charge is 0.0242 e. The van der Waals surface area contributed by atoms with E-state index in [4.69, 9.17) is 0 Å². The Balaban J connectivity index is 2.46. The third-order valence-electron chi connectivity index (χ3n) is 3.37. The van der Waals surface area contributed by atoms with Crippen molar-refractivity contribution in [1.82, 2.24) is 21.3 Å². The Hall–Kier alpha value is -0.740. The molecule has 0 aliphatic carbocycles. The number of hydrogen-bond acceptors (Lipinski definition) is 4. The highest BCUT2D eigenvalue weighted by Gasteiger charge is 2.09. The first-order chi connectivity index (χ1) is 8.58. The molecule has 0 bridgehead atoms. The van der Waals surface area contributed by atoms with E-state index in [9.17, 15) is 0 Å². The first-order valence-corrected chi connectivity index (χ1v) is 7.21. The monoisotopic (exact) mass is 254 g/mol. The summed E-state index contributed by atoms with van der Waals surface area (Å²) in [7, 11) is 0. The highest BCUT2D eigenvalue weighted by Crippen LogP contribution is 1.99. The standard InChI is InChI=1S/C14H30N4/c1-11-9-12(2)16-7-8-18-14(4)10-13(3)17-6-5-15-11/h5-6,11-18H,7-10H2,1-4H3. The van der Waals surface area contributed by atoms with Crippen molar-refractivity contribution in [3.8, 4) is 0 Å². The first kappa shape index (κ1) is 15.3. The molecule has 4 unspecified atom stereocenters. The minimum Gasteiger partial charge on any atom is -0.387 e. The van der Waals surface area contributed by atoms with Gasteiger partial charge in [0.05, 0.1) is 0 Å². The van der Waals surface area contributed by atoms with Crippen molar-refractivity contribution in [3.05, 3.63) is 12.4 Å². The molecule has 4 heteroatoms. The summed E-state index contributed by atoms with van der Waals surface area (Å²) in [6.07, 6.45) is 6.32. The van der Waals surface area contributed by atoms with E-state index >= 15 is 0 Å². The summed E-state index contributed by atoms with van der Waals surface area (Å²) in [5.41, 5.74) is 0. The van der Waals surface area contributed by atoms with Crippen LogP contribution in [0.4, 0.5) is 0 Å². The topological polar surface area (TPSA) is 48.1 Å². The summed E-state index contributed by atoms with van der Waals surface area (Å²) in [5, 5.41) is 13.9. The van der Waals surface area contributed by atoms with E-state index in [2.05, 4.69) is 49.0 Å². The molecular weight excluding hydrogens is 224 g/mol. The average Bonchev–Trinajstić information content (AvgIpc) is 2.29. The van der Waals surface area contributed by atoms with Crippen molar-refractivity contribution in [2.45, 2.75) is 64.7 Å². The highest BCUT2D eigenvalue weighted by molar-refractivity contribution is 4.84. The van der Waals surface area contributed by atoms with Crippen molar-refractivity contribution in [1.29, 1.82) is 0 Å². The van der Waals surface area contributed by atoms with Crippen LogP contribution in [0.1, 0.15) is 40.5 Å². The molecule has 0 fully saturated rings. The zero-order valence-electron chi connectivity index (χ0n) is 12.3. The maximum Gasteiger partial charge on any atom is 0.0242 e. The van der Waals surface area contributed by atoms with Crippen LogP contribution >= 0.6 is 0 Å². The van der Waals surface area contributed by atoms with E-state index in [-0.39, 0.29) is 0 Å². The fourth-order valence-electron chi connectivity index (χ4n) is 2.43. The summed E-state index contributed by atoms with van der Waals surface area (Å²) in [6.45, 7) is 11.0. The lowest BCUT2D eigenvalue weighted by Crippen LogP contribution is -2.41. The minimum absolute atomic E-state index is 0.496. The molecule has 0 aromatic heterocycles. The van der Waals surface area contributed by atoms with Gasteiger partial charge in [0.15, 0.2) is 0 Å². The van der Waals surface area contributed by atoms with Crippen LogP contribution in [0.25, 0.3) is 0 Å². The van der Waals surface area contributed by atoms with E-state index in [0.29, 0.717) is 24.2 Å². The SMILES string of the molecule is CC1CC(C)NCCNC(C)CC(C)NC=CN1. The van der Waals surface area contributed by atoms with Crippen molar-refractivity contribution in [3.63, 3.8) is 0 Å². The normalized spacial score (nSPS) is 36.2. The van der Waals surface area contributed by atoms with Crippen LogP contribution in [0.2, 0.25) is 0 Å². The van der Waals surface area contributed by atoms with Crippen LogP contribution in [-0.4, -0.2) is 37.3 Å². The summed E-state index contributed by atoms with van der Waals surface area (Å²) < 4.78 is 0. The Bertz CT molecular complexity index is 218. The van der Waals surface area contributed by atoms with E-state index < -0.39 is 0 Å². The molecular formula is C14H30N4. The van der Waals surface area contributed by atoms with Gasteiger partial charge in [-0.3, -0.25) is 0 Å². The van der Waals surface area contributed by atoms with Crippen molar-refractivity contribution < 1.29 is 0 Å². The lowest BCUT2D eigenvalue weighted by molar-refractivity contribution is 0.415. The van der Waals surface area contributed by atoms with E-state index in [0.717, 1.165) is 25.9 Å². The maximum atomic E-state index is 3.56. The Morgan fingerprint density at radius 1 is 0.667 bits per heavy atom. The van der Waals surface area contributed by atoms with Gasteiger partial charge in [-0.15, -0.1) is 0 Å². The molecule has 0 aromatic carbocycles. The molecule has 0 aromatic rings. The van der Waals surface area contributed by atoms with E-state index in [1.54, 1.807) is 0 Å². The Morgan fingerprint density at radius 3 is 1.44 bits per heavy atom. The Morgan fingerprint density at radius 2 is 1.06 bits per heavy atom. The molecule has 4 N–H and O–H groups in total. The van der Waals surface area contributed by atoms with Crippen LogP contribution in [0.15, 0.2) is 12.4 Å². The average molecular weight is 254 g/mol. The van der Waals surface area contributed by atoms with Crippen molar-refractivity contribution in [2.24, 2.45) is 0 Å². The van der Waals surface area contributed by atoms with Crippen LogP contribution < -0.4 is 21.3 Å². The van der Waals surface area contributed by atoms with Gasteiger partial charge >= 0.3 is 0 Å². The zero-order chi connectivity index (χ0) is 13.4. The van der Waals surface area contributed by atoms with Gasteiger partial charge in [0.2, 0.25) is 0 Å². The molecule has 0 saturated carbocycles. The molecule has 0 saturated heterocycles. The van der Waals surface area contributed by atoms with Crippen molar-refractivity contribution >= 4 is 0 Å². The van der Waals surface area contributed by atoms with Gasteiger partial charge < -0.3 is 21.3 Å². The quantitative estimate of drug-likeness (QED) is 0.524. The lowest BCUT2D eigenvalue weighted by atomic mass is 10.1. The Labute approximate surface area is 112 Å². The molecule has 4 nitrogen and oxygen atoms in total. The highest BCUT2D eigenvalue weighted by atomic mass is 15.0. The van der Waals surface area contributed by atoms with Gasteiger partial charge in [0, 0.05) is 49.7 Å². The van der Waals surface area contributed by atoms with Gasteiger partial charge in [-0.25, -0.2) is 0 Å². The fourth-order valence-corrected chi connectivity index (χ4v) is 2.43. The predicted molar refractivity (Wildman–Crippen MR) is 78.5 cm³/mol. The van der Waals surface area contributed by atoms with Gasteiger partial charge in [-0.2, -0.15) is 0 Å². The summed E-state index contributed by atoms with van der Waals surface area (Å²) >= 11 is 0. The van der Waals surface area contributed by atoms with Gasteiger partial charge in [0.25, 0.3) is 0 Å². The van der Waals surface area contributed by atoms with Gasteiger partial charge in [-0.1, -0.05) is 0 Å². The predicted octanol–water partition coefficient (Wildman–Crippen LogP) is 1.16. The maximum absolute atomic E-state index is 3.56. The van der Waals surface area contributed by atoms with Crippen molar-refractivity contribution in [2.75, 3.05) is 13.1 Å². The molecule has 0 radical (unpaired) electrons. The number of rotatable bonds is 0. The van der Waals surface area contributed by atoms with Gasteiger partial charge in [-0.05, 0) is 40.5 Å². The van der Waals surface area contributed by atoms with E-state index in [1.165, 1.54) is 0 Å². The fraction of sp³-hybridized carbons (Fsp3) is 0.857. The number of nitrogens with one attached hydrogen (secondary N) is 4. The number of hydrogen-bond donors (Lipinski definition) is 4. The minimum atomic E-state index is 0.496. The summed E-state index contributed by atoms with van der Waals surface area (Å²) in [4.78, 5) is 0. The molecule has 1 aliphatic heterocycles. The van der Waals surface area contributed by atoms with Crippen LogP contribution in [0.5, 0.6) is 0 Å². The van der Waals surface area contributed by atoms with Crippen LogP contribution in [-0.2, 0) is 0 Å². The molecule has 1 rings (SSSR count). The Kier molecular flexibility index (Phi) is 7.13. The molecule has 106 valence electrons. The third kappa shape index (κ3) is 6.87. The van der Waals surface area contributed by atoms with E-state index in [1.807, 2.05) is 12.4 Å². The molecule has 1 aliphatic rings. The third-order valence-corrected chi connectivity index (χ3v) is 3.37. The second-order valence-electron chi connectivity index (χ2n) is 5.65. The first-order valence-electron chi connectivity index (χ1n) is 7.21. The van der Waals surface area contributed by atoms with Crippen LogP contribution in [0.3, 0.4) is 0 Å². The second-order valence-corrected chi connectivity index (χ2v) is 5.65. The molecule has 18 heavy (non-hydrogen) atoms. The summed E-state index contributed by atoms with van der Waals surface area (Å²) in [5.74, 6) is 0. The van der Waals surface area contributed by atoms with Gasteiger partial charge in [0.1, 0.15) is 0 Å². The largest absolute Gasteiger partial charge is 0.387 e. The molecule has 1 heterocycles. The van der Waals surface area contributed by atoms with Crippen LogP contribution in [0, 0.1) is 0 Å². The lowest BCUT2D eigenvalue weighted by Gasteiger charge is -2.23. The summed E-state index contributed by atoms with van der Waals surface area (Å²) in [6, 6.07) is 2.09. The zero-order valence-corrected chi connectivity index (χ0v) is 12.3. The second kappa shape index (κ2) is 8.38. The molecule has 0 spiro atoms.